The molecule has 1 amide bonds. The van der Waals surface area contributed by atoms with Gasteiger partial charge < -0.3 is 18.9 Å². The van der Waals surface area contributed by atoms with E-state index in [2.05, 4.69) is 11.3 Å². The second-order valence-electron chi connectivity index (χ2n) is 10.7. The largest absolute Gasteiger partial charge is 0.598 e. The number of hydrogen-bond donors (Lipinski definition) is 1. The Hall–Kier alpha value is -1.12. The lowest BCUT2D eigenvalue weighted by molar-refractivity contribution is 0.0262. The molecule has 3 unspecified atom stereocenters. The average molecular weight is 518 g/mol. The first-order valence-corrected chi connectivity index (χ1v) is 13.0. The number of amides is 1. The van der Waals surface area contributed by atoms with Gasteiger partial charge in [-0.15, -0.1) is 4.72 Å². The lowest BCUT2D eigenvalue weighted by Crippen LogP contribution is -2.43. The predicted molar refractivity (Wildman–Crippen MR) is 134 cm³/mol. The third-order valence-corrected chi connectivity index (χ3v) is 8.13. The molecule has 1 saturated carbocycles. The van der Waals surface area contributed by atoms with Crippen molar-refractivity contribution in [2.75, 3.05) is 19.7 Å². The molecule has 1 heterocycles. The summed E-state index contributed by atoms with van der Waals surface area (Å²) in [5.74, 6) is 1.31. The van der Waals surface area contributed by atoms with Crippen molar-refractivity contribution in [3.8, 4) is 5.75 Å². The molecule has 3 rings (SSSR count). The lowest BCUT2D eigenvalue weighted by atomic mass is 9.99. The maximum atomic E-state index is 13.1. The molecule has 2 aliphatic rings. The minimum absolute atomic E-state index is 0.179. The predicted octanol–water partition coefficient (Wildman–Crippen LogP) is 5.76. The van der Waals surface area contributed by atoms with Gasteiger partial charge in [0, 0.05) is 36.1 Å². The Balaban J connectivity index is 1.86. The fourth-order valence-corrected chi connectivity index (χ4v) is 5.44. The highest BCUT2D eigenvalue weighted by atomic mass is 35.5. The van der Waals surface area contributed by atoms with E-state index in [0.717, 1.165) is 5.56 Å². The highest BCUT2D eigenvalue weighted by Crippen LogP contribution is 2.59. The van der Waals surface area contributed by atoms with Crippen molar-refractivity contribution in [1.29, 1.82) is 0 Å². The van der Waals surface area contributed by atoms with E-state index in [1.165, 1.54) is 0 Å². The molecule has 5 atom stereocenters. The van der Waals surface area contributed by atoms with Crippen molar-refractivity contribution >= 4 is 40.7 Å². The first-order chi connectivity index (χ1) is 15.2. The van der Waals surface area contributed by atoms with Crippen LogP contribution >= 0.6 is 23.2 Å². The van der Waals surface area contributed by atoms with Crippen LogP contribution < -0.4 is 9.46 Å². The number of hydrogen-bond acceptors (Lipinski definition) is 5. The Kier molecular flexibility index (Phi) is 7.91. The third-order valence-electron chi connectivity index (χ3n) is 5.83. The van der Waals surface area contributed by atoms with E-state index in [0.29, 0.717) is 35.5 Å². The second-order valence-corrected chi connectivity index (χ2v) is 13.5. The Morgan fingerprint density at radius 1 is 1.24 bits per heavy atom. The standard InChI is InChI=1S/C24H34Cl2N2O4S/c1-8-9-31-19-11-18(26)17(25)10-14(19)21(27-33(30)24(5,6)7)20-15-12-28(13-16(15)20)22(29)32-23(2,3)4/h8,10-11,15-16,20-21,27H,1,9,12-13H2,2-7H3/t15-,16+,20?,21?,33?. The fraction of sp³-hybridized carbons (Fsp3) is 0.625. The number of carbonyl (C=O) groups is 1. The van der Waals surface area contributed by atoms with E-state index < -0.39 is 21.7 Å². The summed E-state index contributed by atoms with van der Waals surface area (Å²) in [6.07, 6.45) is 1.37. The van der Waals surface area contributed by atoms with E-state index in [9.17, 15) is 9.35 Å². The van der Waals surface area contributed by atoms with Gasteiger partial charge in [0.15, 0.2) is 0 Å². The minimum atomic E-state index is -1.32. The molecule has 0 spiro atoms. The quantitative estimate of drug-likeness (QED) is 0.368. The first-order valence-electron chi connectivity index (χ1n) is 11.1. The van der Waals surface area contributed by atoms with E-state index in [-0.39, 0.29) is 29.9 Å². The normalized spacial score (nSPS) is 24.2. The first kappa shape index (κ1) is 26.5. The molecule has 1 N–H and O–H groups in total. The zero-order chi connectivity index (χ0) is 24.7. The molecule has 9 heteroatoms. The van der Waals surface area contributed by atoms with Crippen molar-refractivity contribution in [2.45, 2.75) is 57.9 Å². The number of ether oxygens (including phenoxy) is 2. The van der Waals surface area contributed by atoms with Crippen LogP contribution in [0.3, 0.4) is 0 Å². The summed E-state index contributed by atoms with van der Waals surface area (Å²) in [5, 5.41) is 0.800. The summed E-state index contributed by atoms with van der Waals surface area (Å²) in [4.78, 5) is 14.3. The molecule has 6 nitrogen and oxygen atoms in total. The van der Waals surface area contributed by atoms with Gasteiger partial charge >= 0.3 is 6.09 Å². The third kappa shape index (κ3) is 6.31. The van der Waals surface area contributed by atoms with Crippen LogP contribution in [0.15, 0.2) is 24.8 Å². The van der Waals surface area contributed by atoms with Crippen molar-refractivity contribution in [2.24, 2.45) is 17.8 Å². The second kappa shape index (κ2) is 9.86. The zero-order valence-corrected chi connectivity index (χ0v) is 22.4. The number of fused-ring (bicyclic) bond motifs is 1. The van der Waals surface area contributed by atoms with Gasteiger partial charge in [0.25, 0.3) is 0 Å². The van der Waals surface area contributed by atoms with Gasteiger partial charge in [0.2, 0.25) is 0 Å². The van der Waals surface area contributed by atoms with E-state index in [4.69, 9.17) is 32.7 Å². The van der Waals surface area contributed by atoms with E-state index in [1.807, 2.05) is 41.5 Å². The summed E-state index contributed by atoms with van der Waals surface area (Å²) in [7, 11) is 0. The van der Waals surface area contributed by atoms with Crippen LogP contribution in [0.4, 0.5) is 4.79 Å². The van der Waals surface area contributed by atoms with Crippen LogP contribution in [-0.2, 0) is 16.1 Å². The zero-order valence-electron chi connectivity index (χ0n) is 20.1. The van der Waals surface area contributed by atoms with Crippen LogP contribution in [0.5, 0.6) is 5.75 Å². The highest BCUT2D eigenvalue weighted by Gasteiger charge is 2.61. The molecule has 0 radical (unpaired) electrons. The van der Waals surface area contributed by atoms with Crippen molar-refractivity contribution < 1.29 is 18.8 Å². The van der Waals surface area contributed by atoms with Gasteiger partial charge in [-0.1, -0.05) is 35.9 Å². The SMILES string of the molecule is C=CCOc1cc(Cl)c(Cl)cc1C(N[S+]([O-])C(C)(C)C)C1[C@H]2CN(C(=O)OC(C)(C)C)C[C@@H]12. The molecule has 0 aromatic heterocycles. The van der Waals surface area contributed by atoms with Gasteiger partial charge in [0.1, 0.15) is 22.7 Å². The van der Waals surface area contributed by atoms with Crippen molar-refractivity contribution in [3.05, 3.63) is 40.4 Å². The number of halogens is 2. The molecule has 2 fully saturated rings. The van der Waals surface area contributed by atoms with Gasteiger partial charge in [-0.2, -0.15) is 0 Å². The Bertz CT molecular complexity index is 888. The molecule has 1 aliphatic carbocycles. The Labute approximate surface area is 210 Å². The molecule has 1 aromatic rings. The lowest BCUT2D eigenvalue weighted by Gasteiger charge is -2.31. The summed E-state index contributed by atoms with van der Waals surface area (Å²) >= 11 is 11.3. The van der Waals surface area contributed by atoms with Crippen LogP contribution in [-0.4, -0.2) is 45.6 Å². The summed E-state index contributed by atoms with van der Waals surface area (Å²) in [6.45, 7) is 16.6. The number of nitrogens with one attached hydrogen (secondary N) is 1. The molecular formula is C24H34Cl2N2O4S. The molecule has 184 valence electrons. The van der Waals surface area contributed by atoms with E-state index >= 15 is 0 Å². The number of piperidine rings is 1. The topological polar surface area (TPSA) is 73.9 Å². The number of carbonyl (C=O) groups excluding carboxylic acids is 1. The monoisotopic (exact) mass is 516 g/mol. The van der Waals surface area contributed by atoms with Gasteiger partial charge in [-0.25, -0.2) is 4.79 Å². The van der Waals surface area contributed by atoms with E-state index in [1.54, 1.807) is 23.1 Å². The molecular weight excluding hydrogens is 483 g/mol. The summed E-state index contributed by atoms with van der Waals surface area (Å²) in [6, 6.07) is 3.22. The Morgan fingerprint density at radius 2 is 1.82 bits per heavy atom. The fourth-order valence-electron chi connectivity index (χ4n) is 4.24. The van der Waals surface area contributed by atoms with Gasteiger partial charge in [-0.3, -0.25) is 0 Å². The number of benzene rings is 1. The smallest absolute Gasteiger partial charge is 0.410 e. The molecule has 0 bridgehead atoms. The van der Waals surface area contributed by atoms with Crippen LogP contribution in [0.2, 0.25) is 10.0 Å². The Morgan fingerprint density at radius 3 is 2.33 bits per heavy atom. The van der Waals surface area contributed by atoms with Gasteiger partial charge in [-0.05, 0) is 65.4 Å². The molecule has 1 aromatic carbocycles. The van der Waals surface area contributed by atoms with Crippen molar-refractivity contribution in [3.63, 3.8) is 0 Å². The number of rotatable bonds is 7. The van der Waals surface area contributed by atoms with Gasteiger partial charge in [0.05, 0.1) is 16.1 Å². The average Bonchev–Trinajstić information content (AvgIpc) is 3.15. The summed E-state index contributed by atoms with van der Waals surface area (Å²) in [5.41, 5.74) is 0.279. The maximum Gasteiger partial charge on any atom is 0.410 e. The van der Waals surface area contributed by atoms with Crippen LogP contribution in [0, 0.1) is 17.8 Å². The number of nitrogens with zero attached hydrogens (tertiary/aromatic N) is 1. The maximum absolute atomic E-state index is 13.1. The molecule has 1 aliphatic heterocycles. The molecule has 1 saturated heterocycles. The van der Waals surface area contributed by atoms with Crippen molar-refractivity contribution in [1.82, 2.24) is 9.62 Å². The van der Waals surface area contributed by atoms with Crippen LogP contribution in [0.1, 0.15) is 53.1 Å². The minimum Gasteiger partial charge on any atom is -0.598 e. The van der Waals surface area contributed by atoms with Crippen LogP contribution in [0.25, 0.3) is 0 Å². The molecule has 33 heavy (non-hydrogen) atoms. The summed E-state index contributed by atoms with van der Waals surface area (Å²) < 4.78 is 27.4. The highest BCUT2D eigenvalue weighted by molar-refractivity contribution is 7.90. The number of likely N-dealkylation sites (tertiary alicyclic amines) is 1.